The summed E-state index contributed by atoms with van der Waals surface area (Å²) >= 11 is 0. The van der Waals surface area contributed by atoms with Crippen molar-refractivity contribution in [2.75, 3.05) is 27.2 Å². The zero-order valence-corrected chi connectivity index (χ0v) is 17.1. The first-order valence-electron chi connectivity index (χ1n) is 8.80. The second kappa shape index (κ2) is 7.71. The number of rotatable bonds is 5. The van der Waals surface area contributed by atoms with Crippen molar-refractivity contribution in [3.05, 3.63) is 60.2 Å². The predicted molar refractivity (Wildman–Crippen MR) is 104 cm³/mol. The van der Waals surface area contributed by atoms with Crippen molar-refractivity contribution in [1.29, 1.82) is 0 Å². The summed E-state index contributed by atoms with van der Waals surface area (Å²) in [6.07, 6.45) is 1.75. The van der Waals surface area contributed by atoms with Crippen LogP contribution in [-0.4, -0.2) is 52.6 Å². The molecule has 0 saturated carbocycles. The smallest absolute Gasteiger partial charge is 0.207 e. The van der Waals surface area contributed by atoms with Crippen molar-refractivity contribution in [1.82, 2.24) is 8.61 Å². The van der Waals surface area contributed by atoms with Crippen LogP contribution >= 0.6 is 0 Å². The van der Waals surface area contributed by atoms with Gasteiger partial charge in [-0.2, -0.15) is 4.31 Å². The van der Waals surface area contributed by atoms with Crippen LogP contribution in [-0.2, 0) is 20.0 Å². The van der Waals surface area contributed by atoms with E-state index in [1.165, 1.54) is 42.7 Å². The molecule has 1 aliphatic rings. The molecule has 0 N–H and O–H groups in total. The third-order valence-corrected chi connectivity index (χ3v) is 8.60. The summed E-state index contributed by atoms with van der Waals surface area (Å²) in [7, 11) is -4.36. The first kappa shape index (κ1) is 20.0. The van der Waals surface area contributed by atoms with Crippen LogP contribution in [0.5, 0.6) is 0 Å². The molecule has 3 rings (SSSR count). The Morgan fingerprint density at radius 2 is 1.48 bits per heavy atom. The number of sulfonamides is 2. The monoisotopic (exact) mass is 408 g/mol. The van der Waals surface area contributed by atoms with E-state index in [-0.39, 0.29) is 15.7 Å². The van der Waals surface area contributed by atoms with Crippen LogP contribution in [0.4, 0.5) is 0 Å². The molecule has 0 spiro atoms. The fourth-order valence-corrected chi connectivity index (χ4v) is 5.73. The van der Waals surface area contributed by atoms with Crippen LogP contribution in [0.1, 0.15) is 24.3 Å². The zero-order valence-electron chi connectivity index (χ0n) is 15.4. The van der Waals surface area contributed by atoms with E-state index in [4.69, 9.17) is 0 Å². The topological polar surface area (TPSA) is 74.8 Å². The number of piperidine rings is 1. The van der Waals surface area contributed by atoms with Crippen LogP contribution in [0.3, 0.4) is 0 Å². The average Bonchev–Trinajstić information content (AvgIpc) is 2.68. The van der Waals surface area contributed by atoms with Crippen molar-refractivity contribution < 1.29 is 16.8 Å². The van der Waals surface area contributed by atoms with Gasteiger partial charge < -0.3 is 0 Å². The Morgan fingerprint density at radius 1 is 0.889 bits per heavy atom. The van der Waals surface area contributed by atoms with E-state index < -0.39 is 20.0 Å². The molecule has 6 nitrogen and oxygen atoms in total. The lowest BCUT2D eigenvalue weighted by Gasteiger charge is -2.32. The van der Waals surface area contributed by atoms with E-state index in [1.807, 2.05) is 30.3 Å². The quantitative estimate of drug-likeness (QED) is 0.762. The molecule has 0 unspecified atom stereocenters. The van der Waals surface area contributed by atoms with Crippen LogP contribution in [0.15, 0.2) is 64.4 Å². The molecule has 2 aromatic rings. The van der Waals surface area contributed by atoms with Gasteiger partial charge in [0.25, 0.3) is 0 Å². The van der Waals surface area contributed by atoms with Crippen LogP contribution < -0.4 is 0 Å². The van der Waals surface area contributed by atoms with Gasteiger partial charge in [0.2, 0.25) is 20.0 Å². The number of hydrogen-bond acceptors (Lipinski definition) is 4. The van der Waals surface area contributed by atoms with Gasteiger partial charge in [-0.3, -0.25) is 0 Å². The van der Waals surface area contributed by atoms with Crippen molar-refractivity contribution in [3.63, 3.8) is 0 Å². The molecule has 0 aliphatic carbocycles. The van der Waals surface area contributed by atoms with Crippen molar-refractivity contribution in [2.45, 2.75) is 28.6 Å². The highest BCUT2D eigenvalue weighted by molar-refractivity contribution is 7.89. The highest BCUT2D eigenvalue weighted by atomic mass is 32.2. The minimum Gasteiger partial charge on any atom is -0.207 e. The Kier molecular flexibility index (Phi) is 5.71. The molecule has 8 heteroatoms. The molecule has 1 saturated heterocycles. The van der Waals surface area contributed by atoms with Crippen LogP contribution in [0.2, 0.25) is 0 Å². The van der Waals surface area contributed by atoms with E-state index in [0.717, 1.165) is 22.7 Å². The second-order valence-electron chi connectivity index (χ2n) is 6.87. The van der Waals surface area contributed by atoms with Gasteiger partial charge in [0.05, 0.1) is 9.79 Å². The highest BCUT2D eigenvalue weighted by Gasteiger charge is 2.31. The van der Waals surface area contributed by atoms with Gasteiger partial charge in [0, 0.05) is 27.2 Å². The maximum atomic E-state index is 13.0. The molecule has 1 atom stereocenters. The minimum atomic E-state index is -3.66. The number of hydrogen-bond donors (Lipinski definition) is 0. The van der Waals surface area contributed by atoms with Gasteiger partial charge in [-0.15, -0.1) is 0 Å². The molecule has 0 aromatic heterocycles. The molecule has 1 heterocycles. The second-order valence-corrected chi connectivity index (χ2v) is 11.0. The van der Waals surface area contributed by atoms with Gasteiger partial charge in [0.1, 0.15) is 0 Å². The predicted octanol–water partition coefficient (Wildman–Crippen LogP) is 2.51. The fourth-order valence-electron chi connectivity index (χ4n) is 3.30. The summed E-state index contributed by atoms with van der Waals surface area (Å²) in [6, 6.07) is 15.4. The Hall–Kier alpha value is -1.74. The number of benzene rings is 2. The Balaban J connectivity index is 1.84. The molecular weight excluding hydrogens is 384 g/mol. The van der Waals surface area contributed by atoms with Gasteiger partial charge in [-0.05, 0) is 48.6 Å². The standard InChI is InChI=1S/C19H24N2O4S2/c1-20(2)26(22,23)18-10-12-19(13-11-18)27(24,25)21-14-6-9-17(15-21)16-7-4-3-5-8-16/h3-5,7-8,10-13,17H,6,9,14-15H2,1-2H3/t17-/m0/s1. The van der Waals surface area contributed by atoms with E-state index in [1.54, 1.807) is 0 Å². The summed E-state index contributed by atoms with van der Waals surface area (Å²) in [6.45, 7) is 0.910. The van der Waals surface area contributed by atoms with Crippen molar-refractivity contribution in [3.8, 4) is 0 Å². The third-order valence-electron chi connectivity index (χ3n) is 4.90. The lowest BCUT2D eigenvalue weighted by molar-refractivity contribution is 0.315. The van der Waals surface area contributed by atoms with E-state index in [2.05, 4.69) is 0 Å². The highest BCUT2D eigenvalue weighted by Crippen LogP contribution is 2.30. The lowest BCUT2D eigenvalue weighted by atomic mass is 9.92. The summed E-state index contributed by atoms with van der Waals surface area (Å²) in [4.78, 5) is 0.196. The zero-order chi connectivity index (χ0) is 19.7. The van der Waals surface area contributed by atoms with Gasteiger partial charge in [-0.1, -0.05) is 30.3 Å². The van der Waals surface area contributed by atoms with Crippen molar-refractivity contribution >= 4 is 20.0 Å². The maximum Gasteiger partial charge on any atom is 0.243 e. The Bertz CT molecular complexity index is 986. The van der Waals surface area contributed by atoms with Crippen molar-refractivity contribution in [2.24, 2.45) is 0 Å². The van der Waals surface area contributed by atoms with E-state index in [0.29, 0.717) is 13.1 Å². The molecule has 1 aliphatic heterocycles. The van der Waals surface area contributed by atoms with E-state index >= 15 is 0 Å². The summed E-state index contributed by atoms with van der Waals surface area (Å²) in [5.74, 6) is 0.170. The Labute approximate surface area is 161 Å². The van der Waals surface area contributed by atoms with E-state index in [9.17, 15) is 16.8 Å². The third kappa shape index (κ3) is 4.08. The van der Waals surface area contributed by atoms with Gasteiger partial charge in [-0.25, -0.2) is 21.1 Å². The molecule has 0 amide bonds. The molecule has 146 valence electrons. The average molecular weight is 409 g/mol. The molecule has 27 heavy (non-hydrogen) atoms. The first-order chi connectivity index (χ1) is 12.7. The maximum absolute atomic E-state index is 13.0. The normalized spacial score (nSPS) is 19.3. The lowest BCUT2D eigenvalue weighted by Crippen LogP contribution is -2.39. The van der Waals surface area contributed by atoms with Crippen LogP contribution in [0, 0.1) is 0 Å². The fraction of sp³-hybridized carbons (Fsp3) is 0.368. The summed E-state index contributed by atoms with van der Waals surface area (Å²) in [5, 5.41) is 0. The van der Waals surface area contributed by atoms with Crippen LogP contribution in [0.25, 0.3) is 0 Å². The number of nitrogens with zero attached hydrogens (tertiary/aromatic N) is 2. The van der Waals surface area contributed by atoms with Gasteiger partial charge >= 0.3 is 0 Å². The molecule has 2 aromatic carbocycles. The SMILES string of the molecule is CN(C)S(=O)(=O)c1ccc(S(=O)(=O)N2CCC[C@H](c3ccccc3)C2)cc1. The molecular formula is C19H24N2O4S2. The summed E-state index contributed by atoms with van der Waals surface area (Å²) < 4.78 is 53.0. The summed E-state index contributed by atoms with van der Waals surface area (Å²) in [5.41, 5.74) is 1.14. The molecule has 0 radical (unpaired) electrons. The molecule has 1 fully saturated rings. The minimum absolute atomic E-state index is 0.0762. The van der Waals surface area contributed by atoms with Gasteiger partial charge in [0.15, 0.2) is 0 Å². The first-order valence-corrected chi connectivity index (χ1v) is 11.7. The Morgan fingerprint density at radius 3 is 2.07 bits per heavy atom. The molecule has 0 bridgehead atoms. The largest absolute Gasteiger partial charge is 0.243 e.